The number of rotatable bonds is 4. The molecular formula is C14H20N2O2S2. The number of aliphatic hydroxyl groups is 1. The van der Waals surface area contributed by atoms with Gasteiger partial charge in [0, 0.05) is 23.2 Å². The molecule has 1 amide bonds. The van der Waals surface area contributed by atoms with Gasteiger partial charge in [-0.05, 0) is 32.6 Å². The van der Waals surface area contributed by atoms with Crippen molar-refractivity contribution in [3.8, 4) is 0 Å². The Morgan fingerprint density at radius 2 is 2.20 bits per heavy atom. The minimum Gasteiger partial charge on any atom is -0.393 e. The third-order valence-corrected chi connectivity index (χ3v) is 5.91. The Bertz CT molecular complexity index is 477. The maximum atomic E-state index is 12.4. The molecule has 6 heteroatoms. The fraction of sp³-hybridized carbons (Fsp3) is 0.714. The maximum absolute atomic E-state index is 12.4. The number of thioether (sulfide) groups is 1. The number of hydrogen-bond acceptors (Lipinski definition) is 5. The van der Waals surface area contributed by atoms with Crippen LogP contribution in [0.25, 0.3) is 0 Å². The zero-order valence-corrected chi connectivity index (χ0v) is 13.3. The van der Waals surface area contributed by atoms with Gasteiger partial charge in [-0.3, -0.25) is 4.79 Å². The zero-order chi connectivity index (χ0) is 14.1. The van der Waals surface area contributed by atoms with Crippen LogP contribution < -0.4 is 0 Å². The number of aryl methyl sites for hydroxylation is 1. The van der Waals surface area contributed by atoms with Gasteiger partial charge < -0.3 is 10.0 Å². The van der Waals surface area contributed by atoms with Gasteiger partial charge in [-0.15, -0.1) is 23.1 Å². The molecule has 2 saturated heterocycles. The summed E-state index contributed by atoms with van der Waals surface area (Å²) in [6.07, 6.45) is 3.44. The van der Waals surface area contributed by atoms with Crippen molar-refractivity contribution >= 4 is 29.0 Å². The van der Waals surface area contributed by atoms with Crippen molar-refractivity contribution in [2.75, 3.05) is 5.75 Å². The quantitative estimate of drug-likeness (QED) is 0.926. The average molecular weight is 312 g/mol. The van der Waals surface area contributed by atoms with E-state index in [-0.39, 0.29) is 24.1 Å². The Balaban J connectivity index is 1.50. The van der Waals surface area contributed by atoms with Gasteiger partial charge in [-0.2, -0.15) is 0 Å². The van der Waals surface area contributed by atoms with E-state index >= 15 is 0 Å². The van der Waals surface area contributed by atoms with Gasteiger partial charge in [-0.25, -0.2) is 4.98 Å². The molecule has 2 fully saturated rings. The Morgan fingerprint density at radius 3 is 2.80 bits per heavy atom. The molecule has 3 rings (SSSR count). The van der Waals surface area contributed by atoms with E-state index in [1.165, 1.54) is 0 Å². The highest BCUT2D eigenvalue weighted by atomic mass is 32.2. The van der Waals surface area contributed by atoms with E-state index in [9.17, 15) is 9.90 Å². The minimum absolute atomic E-state index is 0.206. The standard InChI is InChI=1S/C14H20N2O2S2/c1-9-15-10(7-20-9)6-19-8-14(18)16-11-2-3-12(16)5-13(17)4-11/h7,11-13,17H,2-6,8H2,1H3. The second-order valence-electron chi connectivity index (χ2n) is 5.66. The van der Waals surface area contributed by atoms with Crippen LogP contribution in [0.4, 0.5) is 0 Å². The topological polar surface area (TPSA) is 53.4 Å². The predicted octanol–water partition coefficient (Wildman–Crippen LogP) is 2.20. The summed E-state index contributed by atoms with van der Waals surface area (Å²) in [6, 6.07) is 0.553. The minimum atomic E-state index is -0.206. The molecule has 2 bridgehead atoms. The molecule has 2 unspecified atom stereocenters. The summed E-state index contributed by atoms with van der Waals surface area (Å²) in [6.45, 7) is 2.00. The molecule has 0 radical (unpaired) electrons. The number of hydrogen-bond donors (Lipinski definition) is 1. The predicted molar refractivity (Wildman–Crippen MR) is 81.9 cm³/mol. The Hall–Kier alpha value is -0.590. The SMILES string of the molecule is Cc1nc(CSCC(=O)N2C3CCC2CC(O)C3)cs1. The maximum Gasteiger partial charge on any atom is 0.233 e. The number of piperidine rings is 1. The van der Waals surface area contributed by atoms with Crippen molar-refractivity contribution in [2.24, 2.45) is 0 Å². The summed E-state index contributed by atoms with van der Waals surface area (Å²) >= 11 is 3.30. The molecule has 0 aromatic carbocycles. The number of carbonyl (C=O) groups is 1. The second kappa shape index (κ2) is 6.03. The van der Waals surface area contributed by atoms with E-state index < -0.39 is 0 Å². The highest BCUT2D eigenvalue weighted by molar-refractivity contribution is 7.99. The van der Waals surface area contributed by atoms with Gasteiger partial charge in [-0.1, -0.05) is 0 Å². The number of carbonyl (C=O) groups excluding carboxylic acids is 1. The summed E-state index contributed by atoms with van der Waals surface area (Å²) in [5.41, 5.74) is 1.07. The molecule has 20 heavy (non-hydrogen) atoms. The van der Waals surface area contributed by atoms with Crippen molar-refractivity contribution in [1.29, 1.82) is 0 Å². The molecular weight excluding hydrogens is 292 g/mol. The van der Waals surface area contributed by atoms with Gasteiger partial charge in [0.05, 0.1) is 22.6 Å². The number of fused-ring (bicyclic) bond motifs is 2. The average Bonchev–Trinajstić information content (AvgIpc) is 2.92. The summed E-state index contributed by atoms with van der Waals surface area (Å²) < 4.78 is 0. The highest BCUT2D eigenvalue weighted by Crippen LogP contribution is 2.36. The largest absolute Gasteiger partial charge is 0.393 e. The van der Waals surface area contributed by atoms with Crippen LogP contribution in [0.5, 0.6) is 0 Å². The molecule has 3 heterocycles. The first kappa shape index (κ1) is 14.4. The molecule has 4 nitrogen and oxygen atoms in total. The summed E-state index contributed by atoms with van der Waals surface area (Å²) in [4.78, 5) is 18.8. The first-order valence-electron chi connectivity index (χ1n) is 7.11. The molecule has 2 atom stereocenters. The first-order valence-corrected chi connectivity index (χ1v) is 9.15. The van der Waals surface area contributed by atoms with Crippen LogP contribution in [0.3, 0.4) is 0 Å². The van der Waals surface area contributed by atoms with Crippen LogP contribution in [0.15, 0.2) is 5.38 Å². The summed E-state index contributed by atoms with van der Waals surface area (Å²) in [7, 11) is 0. The van der Waals surface area contributed by atoms with Crippen LogP contribution in [0.1, 0.15) is 36.4 Å². The van der Waals surface area contributed by atoms with Gasteiger partial charge >= 0.3 is 0 Å². The van der Waals surface area contributed by atoms with E-state index in [2.05, 4.69) is 10.4 Å². The van der Waals surface area contributed by atoms with Crippen LogP contribution in [-0.2, 0) is 10.5 Å². The van der Waals surface area contributed by atoms with E-state index in [1.54, 1.807) is 23.1 Å². The number of amides is 1. The highest BCUT2D eigenvalue weighted by Gasteiger charge is 2.42. The number of nitrogens with zero attached hydrogens (tertiary/aromatic N) is 2. The van der Waals surface area contributed by atoms with Crippen LogP contribution in [0, 0.1) is 6.92 Å². The van der Waals surface area contributed by atoms with Crippen molar-refractivity contribution in [1.82, 2.24) is 9.88 Å². The van der Waals surface area contributed by atoms with Crippen molar-refractivity contribution in [2.45, 2.75) is 56.5 Å². The smallest absolute Gasteiger partial charge is 0.233 e. The number of aromatic nitrogens is 1. The first-order chi connectivity index (χ1) is 9.63. The lowest BCUT2D eigenvalue weighted by Crippen LogP contribution is -2.48. The Morgan fingerprint density at radius 1 is 1.50 bits per heavy atom. The molecule has 2 aliphatic rings. The summed E-state index contributed by atoms with van der Waals surface area (Å²) in [5.74, 6) is 1.57. The molecule has 0 spiro atoms. The van der Waals surface area contributed by atoms with Gasteiger partial charge in [0.25, 0.3) is 0 Å². The molecule has 1 N–H and O–H groups in total. The fourth-order valence-corrected chi connectivity index (χ4v) is 4.85. The van der Waals surface area contributed by atoms with Crippen molar-refractivity contribution < 1.29 is 9.90 Å². The van der Waals surface area contributed by atoms with E-state index in [0.29, 0.717) is 5.75 Å². The van der Waals surface area contributed by atoms with Gasteiger partial charge in [0.1, 0.15) is 0 Å². The third kappa shape index (κ3) is 3.02. The van der Waals surface area contributed by atoms with Crippen molar-refractivity contribution in [3.05, 3.63) is 16.1 Å². The zero-order valence-electron chi connectivity index (χ0n) is 11.6. The number of aliphatic hydroxyl groups excluding tert-OH is 1. The number of thiazole rings is 1. The van der Waals surface area contributed by atoms with Crippen LogP contribution in [-0.4, -0.2) is 44.8 Å². The third-order valence-electron chi connectivity index (χ3n) is 4.14. The fourth-order valence-electron chi connectivity index (χ4n) is 3.35. The molecule has 1 aromatic heterocycles. The molecule has 110 valence electrons. The molecule has 0 saturated carbocycles. The lowest BCUT2D eigenvalue weighted by molar-refractivity contribution is -0.134. The van der Waals surface area contributed by atoms with Gasteiger partial charge in [0.2, 0.25) is 5.91 Å². The molecule has 1 aromatic rings. The Labute approximate surface area is 127 Å². The van der Waals surface area contributed by atoms with E-state index in [0.717, 1.165) is 42.1 Å². The molecule has 2 aliphatic heterocycles. The van der Waals surface area contributed by atoms with E-state index in [1.807, 2.05) is 11.8 Å². The normalized spacial score (nSPS) is 28.9. The van der Waals surface area contributed by atoms with Crippen LogP contribution in [0.2, 0.25) is 0 Å². The lowest BCUT2D eigenvalue weighted by Gasteiger charge is -2.37. The van der Waals surface area contributed by atoms with Gasteiger partial charge in [0.15, 0.2) is 0 Å². The van der Waals surface area contributed by atoms with Crippen molar-refractivity contribution in [3.63, 3.8) is 0 Å². The summed E-state index contributed by atoms with van der Waals surface area (Å²) in [5, 5.41) is 12.9. The van der Waals surface area contributed by atoms with Crippen LogP contribution >= 0.6 is 23.1 Å². The molecule has 0 aliphatic carbocycles. The second-order valence-corrected chi connectivity index (χ2v) is 7.71. The lowest BCUT2D eigenvalue weighted by atomic mass is 10.00. The van der Waals surface area contributed by atoms with E-state index in [4.69, 9.17) is 0 Å². The monoisotopic (exact) mass is 312 g/mol. The Kier molecular flexibility index (Phi) is 4.33.